The molecule has 1 fully saturated rings. The van der Waals surface area contributed by atoms with Gasteiger partial charge in [-0.15, -0.1) is 11.3 Å². The van der Waals surface area contributed by atoms with E-state index in [9.17, 15) is 22.8 Å². The number of ether oxygens (including phenoxy) is 1. The Morgan fingerprint density at radius 2 is 2.03 bits per heavy atom. The van der Waals surface area contributed by atoms with Crippen molar-refractivity contribution in [2.75, 3.05) is 39.8 Å². The van der Waals surface area contributed by atoms with Crippen LogP contribution in [-0.4, -0.2) is 89.5 Å². The van der Waals surface area contributed by atoms with Crippen molar-refractivity contribution in [2.45, 2.75) is 37.8 Å². The van der Waals surface area contributed by atoms with Crippen LogP contribution in [0.3, 0.4) is 0 Å². The third-order valence-corrected chi connectivity index (χ3v) is 7.47. The molecule has 3 heterocycles. The van der Waals surface area contributed by atoms with Crippen molar-refractivity contribution in [3.8, 4) is 0 Å². The van der Waals surface area contributed by atoms with Crippen LogP contribution in [0.15, 0.2) is 52.1 Å². The minimum atomic E-state index is -3.00. The fourth-order valence-electron chi connectivity index (χ4n) is 5.06. The number of alkyl halides is 2. The second-order valence-electron chi connectivity index (χ2n) is 9.79. The number of nitrogens with zero attached hydrogens (tertiary/aromatic N) is 4. The van der Waals surface area contributed by atoms with Crippen LogP contribution in [0.1, 0.15) is 30.8 Å². The Kier molecular flexibility index (Phi) is 8.42. The van der Waals surface area contributed by atoms with E-state index < -0.39 is 48.2 Å². The predicted molar refractivity (Wildman–Crippen MR) is 139 cm³/mol. The summed E-state index contributed by atoms with van der Waals surface area (Å²) in [7, 11) is 1.56. The van der Waals surface area contributed by atoms with E-state index in [1.807, 2.05) is 0 Å². The van der Waals surface area contributed by atoms with Gasteiger partial charge in [0.15, 0.2) is 10.8 Å². The molecule has 1 saturated heterocycles. The number of aliphatic imine (C=N–C) groups is 1. The largest absolute Gasteiger partial charge is 0.480 e. The fraction of sp³-hybridized carbons (Fsp3) is 0.462. The van der Waals surface area contributed by atoms with Gasteiger partial charge in [-0.05, 0) is 38.6 Å². The normalized spacial score (nSPS) is 23.1. The van der Waals surface area contributed by atoms with Crippen LogP contribution in [0.2, 0.25) is 0 Å². The molecule has 2 atom stereocenters. The highest BCUT2D eigenvalue weighted by atomic mass is 32.1. The number of benzene rings is 1. The topological polar surface area (TPSA) is 107 Å². The number of thiazole rings is 1. The number of rotatable bonds is 10. The summed E-state index contributed by atoms with van der Waals surface area (Å²) < 4.78 is 48.6. The van der Waals surface area contributed by atoms with Gasteiger partial charge in [0.05, 0.1) is 25.3 Å². The molecular weight excluding hydrogens is 535 g/mol. The average molecular weight is 566 g/mol. The van der Waals surface area contributed by atoms with Crippen LogP contribution in [0.5, 0.6) is 0 Å². The number of hydrogen-bond acceptors (Lipinski definition) is 9. The molecule has 1 unspecified atom stereocenters. The number of aliphatic carboxylic acids is 1. The highest BCUT2D eigenvalue weighted by Crippen LogP contribution is 2.40. The zero-order chi connectivity index (χ0) is 28.4. The number of esters is 1. The number of carbonyl (C=O) groups excluding carboxylic acids is 1. The van der Waals surface area contributed by atoms with Gasteiger partial charge < -0.3 is 15.2 Å². The molecule has 4 rings (SSSR count). The highest BCUT2D eigenvalue weighted by molar-refractivity contribution is 7.11. The number of carboxylic acids is 1. The summed E-state index contributed by atoms with van der Waals surface area (Å²) in [6, 6.07) is 4.89. The van der Waals surface area contributed by atoms with E-state index in [0.717, 1.165) is 0 Å². The first-order valence-electron chi connectivity index (χ1n) is 12.4. The number of carboxylic acid groups (broad SMARTS) is 1. The Bertz CT molecular complexity index is 1270. The lowest BCUT2D eigenvalue weighted by Gasteiger charge is -2.37. The number of likely N-dealkylation sites (N-methyl/N-ethyl adjacent to an activating group) is 1. The van der Waals surface area contributed by atoms with Crippen LogP contribution in [0.4, 0.5) is 13.2 Å². The first-order valence-corrected chi connectivity index (χ1v) is 13.3. The second kappa shape index (κ2) is 11.4. The van der Waals surface area contributed by atoms with Crippen molar-refractivity contribution in [2.24, 2.45) is 4.99 Å². The van der Waals surface area contributed by atoms with Gasteiger partial charge in [-0.2, -0.15) is 0 Å². The van der Waals surface area contributed by atoms with Gasteiger partial charge in [0, 0.05) is 42.8 Å². The molecule has 0 bridgehead atoms. The van der Waals surface area contributed by atoms with Gasteiger partial charge in [-0.1, -0.05) is 12.1 Å². The summed E-state index contributed by atoms with van der Waals surface area (Å²) in [6.45, 7) is 2.55. The van der Waals surface area contributed by atoms with Gasteiger partial charge in [0.25, 0.3) is 5.92 Å². The van der Waals surface area contributed by atoms with Gasteiger partial charge in [-0.3, -0.25) is 14.6 Å². The first-order chi connectivity index (χ1) is 18.4. The van der Waals surface area contributed by atoms with Crippen molar-refractivity contribution >= 4 is 29.1 Å². The molecule has 0 saturated carbocycles. The SMILES string of the molecule is CCOC(=O)C1=C(CN2CC(F)(F)CC2CN(C)CC(=O)O)NC(c2nccs2)=N[C@@]1(C)c1ccc(F)cc1. The summed E-state index contributed by atoms with van der Waals surface area (Å²) in [5.41, 5.74) is -0.419. The molecule has 0 radical (unpaired) electrons. The number of aromatic nitrogens is 1. The Balaban J connectivity index is 1.80. The Morgan fingerprint density at radius 3 is 2.64 bits per heavy atom. The van der Waals surface area contributed by atoms with Crippen LogP contribution in [-0.2, 0) is 19.9 Å². The summed E-state index contributed by atoms with van der Waals surface area (Å²) in [6.07, 6.45) is 1.14. The third kappa shape index (κ3) is 6.48. The summed E-state index contributed by atoms with van der Waals surface area (Å²) in [5.74, 6) is -4.87. The maximum absolute atomic E-state index is 14.7. The van der Waals surface area contributed by atoms with E-state index in [1.54, 1.807) is 32.5 Å². The number of nitrogens with one attached hydrogen (secondary N) is 1. The molecular formula is C26H30F3N5O4S. The molecule has 2 aliphatic rings. The Morgan fingerprint density at radius 1 is 1.31 bits per heavy atom. The van der Waals surface area contributed by atoms with E-state index in [1.165, 1.54) is 45.4 Å². The number of hydrogen-bond donors (Lipinski definition) is 2. The second-order valence-corrected chi connectivity index (χ2v) is 10.7. The van der Waals surface area contributed by atoms with E-state index in [2.05, 4.69) is 10.3 Å². The molecule has 1 aromatic heterocycles. The molecule has 0 amide bonds. The standard InChI is InChI=1S/C26H30F3N5O4S/c1-4-38-24(37)21-19(13-34-15-26(28,29)11-18(34)12-33(3)14-20(35)36)31-22(23-30-9-10-39-23)32-25(21,2)16-5-7-17(27)8-6-16/h5-10,18H,4,11-15H2,1-3H3,(H,31,32)(H,35,36)/t18?,25-/m0/s1. The van der Waals surface area contributed by atoms with Crippen LogP contribution in [0, 0.1) is 5.82 Å². The number of amidine groups is 1. The minimum Gasteiger partial charge on any atom is -0.480 e. The highest BCUT2D eigenvalue weighted by Gasteiger charge is 2.48. The predicted octanol–water partition coefficient (Wildman–Crippen LogP) is 3.09. The maximum Gasteiger partial charge on any atom is 0.338 e. The van der Waals surface area contributed by atoms with Crippen molar-refractivity contribution in [3.05, 3.63) is 63.5 Å². The van der Waals surface area contributed by atoms with Crippen LogP contribution in [0.25, 0.3) is 0 Å². The van der Waals surface area contributed by atoms with Gasteiger partial charge in [0.1, 0.15) is 11.4 Å². The lowest BCUT2D eigenvalue weighted by molar-refractivity contribution is -0.140. The van der Waals surface area contributed by atoms with Gasteiger partial charge >= 0.3 is 11.9 Å². The van der Waals surface area contributed by atoms with Crippen molar-refractivity contribution in [3.63, 3.8) is 0 Å². The molecule has 1 aromatic carbocycles. The zero-order valence-corrected chi connectivity index (χ0v) is 22.6. The van der Waals surface area contributed by atoms with Crippen LogP contribution >= 0.6 is 11.3 Å². The average Bonchev–Trinajstić information content (AvgIpc) is 3.46. The molecule has 39 heavy (non-hydrogen) atoms. The van der Waals surface area contributed by atoms with E-state index >= 15 is 0 Å². The Hall–Kier alpha value is -3.29. The monoisotopic (exact) mass is 565 g/mol. The van der Waals surface area contributed by atoms with E-state index in [0.29, 0.717) is 22.1 Å². The van der Waals surface area contributed by atoms with Crippen molar-refractivity contribution < 1.29 is 32.6 Å². The number of halogens is 3. The first kappa shape index (κ1) is 28.7. The molecule has 2 aromatic rings. The minimum absolute atomic E-state index is 0.0720. The van der Waals surface area contributed by atoms with E-state index in [4.69, 9.17) is 14.8 Å². The summed E-state index contributed by atoms with van der Waals surface area (Å²) >= 11 is 1.31. The lowest BCUT2D eigenvalue weighted by atomic mass is 9.82. The van der Waals surface area contributed by atoms with Crippen molar-refractivity contribution in [1.82, 2.24) is 20.1 Å². The smallest absolute Gasteiger partial charge is 0.338 e. The molecule has 2 aliphatic heterocycles. The molecule has 2 N–H and O–H groups in total. The van der Waals surface area contributed by atoms with E-state index in [-0.39, 0.29) is 31.8 Å². The summed E-state index contributed by atoms with van der Waals surface area (Å²) in [5, 5.41) is 14.6. The molecule has 13 heteroatoms. The molecule has 9 nitrogen and oxygen atoms in total. The lowest BCUT2D eigenvalue weighted by Crippen LogP contribution is -2.47. The van der Waals surface area contributed by atoms with Gasteiger partial charge in [0.2, 0.25) is 0 Å². The Labute approximate surface area is 228 Å². The van der Waals surface area contributed by atoms with Crippen LogP contribution < -0.4 is 5.32 Å². The molecule has 210 valence electrons. The molecule has 0 spiro atoms. The number of likely N-dealkylation sites (tertiary alicyclic amines) is 1. The number of carbonyl (C=O) groups is 2. The fourth-order valence-corrected chi connectivity index (χ4v) is 5.64. The summed E-state index contributed by atoms with van der Waals surface area (Å²) in [4.78, 5) is 36.7. The quantitative estimate of drug-likeness (QED) is 0.424. The van der Waals surface area contributed by atoms with Gasteiger partial charge in [-0.25, -0.2) is 27.9 Å². The zero-order valence-electron chi connectivity index (χ0n) is 21.8. The maximum atomic E-state index is 14.7. The third-order valence-electron chi connectivity index (χ3n) is 6.69. The molecule has 0 aliphatic carbocycles. The van der Waals surface area contributed by atoms with Crippen molar-refractivity contribution in [1.29, 1.82) is 0 Å².